The lowest BCUT2D eigenvalue weighted by atomic mass is 10.2. The van der Waals surface area contributed by atoms with Crippen LogP contribution in [0.5, 0.6) is 0 Å². The third-order valence-corrected chi connectivity index (χ3v) is 7.52. The van der Waals surface area contributed by atoms with Gasteiger partial charge in [0.1, 0.15) is 17.5 Å². The molecule has 0 N–H and O–H groups in total. The number of rotatable bonds is 5. The molecule has 29 heavy (non-hydrogen) atoms. The molecule has 4 rings (SSSR count). The molecule has 0 radical (unpaired) electrons. The summed E-state index contributed by atoms with van der Waals surface area (Å²) in [6.07, 6.45) is 2.41. The van der Waals surface area contributed by atoms with Crippen LogP contribution in [0, 0.1) is 13.8 Å². The van der Waals surface area contributed by atoms with Gasteiger partial charge in [0.15, 0.2) is 0 Å². The second kappa shape index (κ2) is 8.28. The molecule has 0 saturated carbocycles. The van der Waals surface area contributed by atoms with Crippen molar-refractivity contribution < 1.29 is 8.42 Å². The van der Waals surface area contributed by atoms with Gasteiger partial charge in [-0.1, -0.05) is 29.8 Å². The van der Waals surface area contributed by atoms with Crippen LogP contribution in [0.15, 0.2) is 30.3 Å². The first kappa shape index (κ1) is 20.1. The number of aromatic nitrogens is 2. The second-order valence-corrected chi connectivity index (χ2v) is 9.92. The molecule has 3 heterocycles. The molecule has 1 aromatic heterocycles. The number of hydrogen-bond donors (Lipinski definition) is 0. The van der Waals surface area contributed by atoms with Gasteiger partial charge in [0.2, 0.25) is 10.0 Å². The van der Waals surface area contributed by atoms with Gasteiger partial charge in [-0.05, 0) is 32.3 Å². The van der Waals surface area contributed by atoms with Gasteiger partial charge in [-0.2, -0.15) is 4.31 Å². The highest BCUT2D eigenvalue weighted by Gasteiger charge is 2.28. The van der Waals surface area contributed by atoms with E-state index in [9.17, 15) is 8.42 Å². The first-order valence-corrected chi connectivity index (χ1v) is 11.9. The fourth-order valence-electron chi connectivity index (χ4n) is 3.99. The van der Waals surface area contributed by atoms with Crippen molar-refractivity contribution in [2.24, 2.45) is 0 Å². The van der Waals surface area contributed by atoms with Crippen molar-refractivity contribution in [3.05, 3.63) is 47.3 Å². The third kappa shape index (κ3) is 4.70. The molecule has 0 spiro atoms. The van der Waals surface area contributed by atoms with E-state index in [2.05, 4.69) is 25.8 Å². The molecule has 7 nitrogen and oxygen atoms in total. The van der Waals surface area contributed by atoms with Crippen LogP contribution in [0.25, 0.3) is 0 Å². The van der Waals surface area contributed by atoms with E-state index in [0.29, 0.717) is 26.2 Å². The van der Waals surface area contributed by atoms with Gasteiger partial charge in [-0.3, -0.25) is 0 Å². The van der Waals surface area contributed by atoms with Gasteiger partial charge in [-0.25, -0.2) is 18.4 Å². The van der Waals surface area contributed by atoms with E-state index in [-0.39, 0.29) is 5.75 Å². The fraction of sp³-hybridized carbons (Fsp3) is 0.524. The standard InChI is InChI=1S/C21H29N5O2S/c1-17-5-7-19(8-6-17)16-29(27,28)26-13-11-25(12-14-26)21-15-20(22-18(2)23-21)24-9-3-4-10-24/h5-8,15H,3-4,9-14,16H2,1-2H3. The van der Waals surface area contributed by atoms with Crippen LogP contribution >= 0.6 is 0 Å². The maximum atomic E-state index is 12.8. The minimum absolute atomic E-state index is 0.0546. The molecule has 0 atom stereocenters. The maximum absolute atomic E-state index is 12.8. The number of sulfonamides is 1. The smallest absolute Gasteiger partial charge is 0.218 e. The quantitative estimate of drug-likeness (QED) is 0.747. The molecular weight excluding hydrogens is 386 g/mol. The van der Waals surface area contributed by atoms with Gasteiger partial charge in [0.25, 0.3) is 0 Å². The summed E-state index contributed by atoms with van der Waals surface area (Å²) in [5.41, 5.74) is 1.97. The minimum atomic E-state index is -3.32. The number of piperazine rings is 1. The van der Waals surface area contributed by atoms with E-state index in [1.165, 1.54) is 12.8 Å². The SMILES string of the molecule is Cc1ccc(CS(=O)(=O)N2CCN(c3cc(N4CCCC4)nc(C)n3)CC2)cc1. The monoisotopic (exact) mass is 415 g/mol. The Morgan fingerprint density at radius 3 is 1.97 bits per heavy atom. The molecule has 156 valence electrons. The van der Waals surface area contributed by atoms with Crippen molar-refractivity contribution in [1.29, 1.82) is 0 Å². The van der Waals surface area contributed by atoms with E-state index in [1.807, 2.05) is 38.1 Å². The predicted octanol–water partition coefficient (Wildman–Crippen LogP) is 2.35. The molecule has 2 aromatic rings. The van der Waals surface area contributed by atoms with Crippen molar-refractivity contribution in [3.63, 3.8) is 0 Å². The van der Waals surface area contributed by atoms with Crippen LogP contribution in [-0.4, -0.2) is 62.0 Å². The molecule has 0 bridgehead atoms. The lowest BCUT2D eigenvalue weighted by molar-refractivity contribution is 0.383. The fourth-order valence-corrected chi connectivity index (χ4v) is 5.50. The third-order valence-electron chi connectivity index (χ3n) is 5.67. The zero-order valence-electron chi connectivity index (χ0n) is 17.2. The molecule has 8 heteroatoms. The summed E-state index contributed by atoms with van der Waals surface area (Å²) < 4.78 is 27.3. The van der Waals surface area contributed by atoms with Crippen LogP contribution in [-0.2, 0) is 15.8 Å². The topological polar surface area (TPSA) is 69.6 Å². The Bertz CT molecular complexity index is 948. The summed E-state index contributed by atoms with van der Waals surface area (Å²) >= 11 is 0. The van der Waals surface area contributed by atoms with Crippen LogP contribution in [0.1, 0.15) is 29.8 Å². The molecule has 1 aromatic carbocycles. The van der Waals surface area contributed by atoms with Crippen molar-refractivity contribution in [2.75, 3.05) is 49.1 Å². The highest BCUT2D eigenvalue weighted by atomic mass is 32.2. The molecular formula is C21H29N5O2S. The largest absolute Gasteiger partial charge is 0.356 e. The number of anilines is 2. The van der Waals surface area contributed by atoms with Crippen molar-refractivity contribution in [2.45, 2.75) is 32.4 Å². The summed E-state index contributed by atoms with van der Waals surface area (Å²) in [6.45, 7) is 8.26. The Balaban J connectivity index is 1.42. The number of hydrogen-bond acceptors (Lipinski definition) is 6. The van der Waals surface area contributed by atoms with E-state index in [4.69, 9.17) is 0 Å². The van der Waals surface area contributed by atoms with E-state index >= 15 is 0 Å². The Morgan fingerprint density at radius 1 is 0.828 bits per heavy atom. The van der Waals surface area contributed by atoms with Crippen molar-refractivity contribution in [3.8, 4) is 0 Å². The first-order chi connectivity index (χ1) is 13.9. The number of benzene rings is 1. The lowest BCUT2D eigenvalue weighted by Crippen LogP contribution is -2.49. The molecule has 0 unspecified atom stereocenters. The average molecular weight is 416 g/mol. The Labute approximate surface area is 173 Å². The Morgan fingerprint density at radius 2 is 1.38 bits per heavy atom. The van der Waals surface area contributed by atoms with Gasteiger partial charge in [0.05, 0.1) is 5.75 Å². The van der Waals surface area contributed by atoms with Crippen LogP contribution in [0.3, 0.4) is 0 Å². The van der Waals surface area contributed by atoms with Gasteiger partial charge < -0.3 is 9.80 Å². The number of nitrogens with zero attached hydrogens (tertiary/aromatic N) is 5. The van der Waals surface area contributed by atoms with E-state index in [1.54, 1.807) is 4.31 Å². The second-order valence-electron chi connectivity index (χ2n) is 7.95. The summed E-state index contributed by atoms with van der Waals surface area (Å²) in [5.74, 6) is 2.70. The minimum Gasteiger partial charge on any atom is -0.356 e. The zero-order valence-corrected chi connectivity index (χ0v) is 18.0. The van der Waals surface area contributed by atoms with E-state index < -0.39 is 10.0 Å². The summed E-state index contributed by atoms with van der Waals surface area (Å²) in [5, 5.41) is 0. The molecule has 2 aliphatic heterocycles. The van der Waals surface area contributed by atoms with E-state index in [0.717, 1.165) is 41.7 Å². The molecule has 2 fully saturated rings. The highest BCUT2D eigenvalue weighted by molar-refractivity contribution is 7.88. The Kier molecular flexibility index (Phi) is 5.74. The van der Waals surface area contributed by atoms with Crippen molar-refractivity contribution in [1.82, 2.24) is 14.3 Å². The van der Waals surface area contributed by atoms with Crippen LogP contribution in [0.2, 0.25) is 0 Å². The Hall–Kier alpha value is -2.19. The van der Waals surface area contributed by atoms with Gasteiger partial charge in [0, 0.05) is 45.3 Å². The van der Waals surface area contributed by atoms with Crippen LogP contribution < -0.4 is 9.80 Å². The predicted molar refractivity (Wildman–Crippen MR) is 116 cm³/mol. The summed E-state index contributed by atoms with van der Waals surface area (Å²) in [4.78, 5) is 13.7. The maximum Gasteiger partial charge on any atom is 0.218 e. The molecule has 0 aliphatic carbocycles. The lowest BCUT2D eigenvalue weighted by Gasteiger charge is -2.35. The molecule has 0 amide bonds. The normalized spacial score (nSPS) is 18.4. The van der Waals surface area contributed by atoms with Gasteiger partial charge >= 0.3 is 0 Å². The zero-order chi connectivity index (χ0) is 20.4. The van der Waals surface area contributed by atoms with Crippen molar-refractivity contribution >= 4 is 21.7 Å². The molecule has 2 saturated heterocycles. The first-order valence-electron chi connectivity index (χ1n) is 10.3. The number of aryl methyl sites for hydroxylation is 2. The highest BCUT2D eigenvalue weighted by Crippen LogP contribution is 2.24. The van der Waals surface area contributed by atoms with Crippen LogP contribution in [0.4, 0.5) is 11.6 Å². The van der Waals surface area contributed by atoms with Gasteiger partial charge in [-0.15, -0.1) is 0 Å². The molecule has 2 aliphatic rings. The summed E-state index contributed by atoms with van der Waals surface area (Å²) in [6, 6.07) is 9.75. The summed E-state index contributed by atoms with van der Waals surface area (Å²) in [7, 11) is -3.32. The average Bonchev–Trinajstić information content (AvgIpc) is 3.24.